The average Bonchev–Trinajstić information content (AvgIpc) is 3.75. The molecule has 2 unspecified atom stereocenters. The Kier molecular flexibility index (Phi) is 7.55. The summed E-state index contributed by atoms with van der Waals surface area (Å²) in [6.07, 6.45) is 3.48. The van der Waals surface area contributed by atoms with E-state index in [2.05, 4.69) is 27.2 Å². The number of anilines is 2. The van der Waals surface area contributed by atoms with Crippen LogP contribution in [0.15, 0.2) is 54.6 Å². The molecule has 3 aliphatic rings. The van der Waals surface area contributed by atoms with Crippen molar-refractivity contribution in [3.05, 3.63) is 88.5 Å². The van der Waals surface area contributed by atoms with Crippen LogP contribution in [0.25, 0.3) is 0 Å². The molecule has 0 aromatic heterocycles. The van der Waals surface area contributed by atoms with E-state index in [0.29, 0.717) is 49.5 Å². The fraction of sp³-hybridized carbons (Fsp3) is 0.419. The lowest BCUT2D eigenvalue weighted by atomic mass is 9.75. The summed E-state index contributed by atoms with van der Waals surface area (Å²) in [4.78, 5) is 4.19. The van der Waals surface area contributed by atoms with Crippen LogP contribution in [-0.2, 0) is 6.42 Å². The van der Waals surface area contributed by atoms with E-state index in [9.17, 15) is 14.4 Å². The number of hydrogen-bond donors (Lipinski definition) is 3. The van der Waals surface area contributed by atoms with E-state index in [-0.39, 0.29) is 24.3 Å². The molecular formula is C31H35BF3N3O2. The summed E-state index contributed by atoms with van der Waals surface area (Å²) in [5.41, 5.74) is 4.49. The first-order chi connectivity index (χ1) is 19.3. The SMILES string of the molecule is CC1Cc2cc(B(O)O)ccc2C(c2c(F)cc(NC3CN(CCCF)C3)cc2F)N1c1ccc(C2CC2)cc1. The van der Waals surface area contributed by atoms with Crippen molar-refractivity contribution in [3.63, 3.8) is 0 Å². The zero-order valence-electron chi connectivity index (χ0n) is 22.7. The molecule has 1 saturated heterocycles. The summed E-state index contributed by atoms with van der Waals surface area (Å²) in [5, 5.41) is 22.7. The highest BCUT2D eigenvalue weighted by Gasteiger charge is 2.38. The van der Waals surface area contributed by atoms with Gasteiger partial charge in [0.2, 0.25) is 0 Å². The third kappa shape index (κ3) is 5.34. The summed E-state index contributed by atoms with van der Waals surface area (Å²) in [6.45, 7) is 3.79. The number of nitrogens with zero attached hydrogens (tertiary/aromatic N) is 2. The number of alkyl halides is 1. The maximum Gasteiger partial charge on any atom is 0.488 e. The van der Waals surface area contributed by atoms with Gasteiger partial charge in [0.25, 0.3) is 0 Å². The molecule has 3 N–H and O–H groups in total. The number of hydrogen-bond acceptors (Lipinski definition) is 5. The predicted octanol–water partition coefficient (Wildman–Crippen LogP) is 4.52. The zero-order valence-corrected chi connectivity index (χ0v) is 22.7. The van der Waals surface area contributed by atoms with Crippen LogP contribution >= 0.6 is 0 Å². The summed E-state index contributed by atoms with van der Waals surface area (Å²) < 4.78 is 44.4. The Morgan fingerprint density at radius 3 is 2.30 bits per heavy atom. The van der Waals surface area contributed by atoms with Crippen molar-refractivity contribution in [2.75, 3.05) is 36.5 Å². The third-order valence-corrected chi connectivity index (χ3v) is 8.56. The Bertz CT molecular complexity index is 1340. The molecule has 3 aromatic carbocycles. The van der Waals surface area contributed by atoms with E-state index in [1.165, 1.54) is 30.5 Å². The fourth-order valence-electron chi connectivity index (χ4n) is 6.38. The second-order valence-corrected chi connectivity index (χ2v) is 11.6. The van der Waals surface area contributed by atoms with Crippen molar-refractivity contribution >= 4 is 24.0 Å². The van der Waals surface area contributed by atoms with Gasteiger partial charge >= 0.3 is 7.12 Å². The van der Waals surface area contributed by atoms with Gasteiger partial charge in [-0.2, -0.15) is 0 Å². The number of fused-ring (bicyclic) bond motifs is 1. The monoisotopic (exact) mass is 549 g/mol. The van der Waals surface area contributed by atoms with E-state index in [4.69, 9.17) is 0 Å². The highest BCUT2D eigenvalue weighted by Crippen LogP contribution is 2.45. The van der Waals surface area contributed by atoms with Gasteiger partial charge < -0.3 is 20.3 Å². The van der Waals surface area contributed by atoms with Crippen LogP contribution in [0.1, 0.15) is 60.4 Å². The molecule has 210 valence electrons. The molecule has 0 amide bonds. The van der Waals surface area contributed by atoms with Gasteiger partial charge in [-0.15, -0.1) is 0 Å². The van der Waals surface area contributed by atoms with Crippen molar-refractivity contribution in [2.45, 2.75) is 56.7 Å². The normalized spacial score (nSPS) is 21.2. The number of rotatable bonds is 9. The molecule has 5 nitrogen and oxygen atoms in total. The lowest BCUT2D eigenvalue weighted by Gasteiger charge is -2.44. The molecule has 0 spiro atoms. The van der Waals surface area contributed by atoms with Crippen molar-refractivity contribution in [3.8, 4) is 0 Å². The molecule has 1 saturated carbocycles. The van der Waals surface area contributed by atoms with Gasteiger partial charge in [0.15, 0.2) is 0 Å². The average molecular weight is 549 g/mol. The molecular weight excluding hydrogens is 514 g/mol. The number of benzene rings is 3. The Hall–Kier alpha value is -3.01. The van der Waals surface area contributed by atoms with Crippen molar-refractivity contribution in [1.82, 2.24) is 4.90 Å². The van der Waals surface area contributed by atoms with Gasteiger partial charge in [-0.05, 0) is 84.9 Å². The standard InChI is InChI=1S/C31H35BF3N3O2/c1-19-13-22-14-23(32(39)40)7-10-27(22)31(38(19)26-8-5-21(6-9-26)20-3-4-20)30-28(34)15-24(16-29(30)35)36-25-17-37(18-25)12-2-11-33/h5-10,14-16,19-20,25,31,36,39-40H,2-4,11-13,17-18H2,1H3. The largest absolute Gasteiger partial charge is 0.488 e. The van der Waals surface area contributed by atoms with Gasteiger partial charge in [0.05, 0.1) is 24.3 Å². The highest BCUT2D eigenvalue weighted by molar-refractivity contribution is 6.58. The molecule has 2 aliphatic heterocycles. The summed E-state index contributed by atoms with van der Waals surface area (Å²) >= 11 is 0. The molecule has 40 heavy (non-hydrogen) atoms. The van der Waals surface area contributed by atoms with Crippen LogP contribution in [-0.4, -0.2) is 60.5 Å². The molecule has 3 aromatic rings. The minimum absolute atomic E-state index is 0.0277. The lowest BCUT2D eigenvalue weighted by molar-refractivity contribution is 0.155. The minimum atomic E-state index is -1.62. The number of likely N-dealkylation sites (tertiary alicyclic amines) is 1. The molecule has 9 heteroatoms. The van der Waals surface area contributed by atoms with E-state index in [0.717, 1.165) is 16.8 Å². The molecule has 6 rings (SSSR count). The second-order valence-electron chi connectivity index (χ2n) is 11.6. The highest BCUT2D eigenvalue weighted by atomic mass is 19.1. The molecule has 2 atom stereocenters. The van der Waals surface area contributed by atoms with Crippen LogP contribution in [0.3, 0.4) is 0 Å². The summed E-state index contributed by atoms with van der Waals surface area (Å²) in [5.74, 6) is -0.659. The molecule has 0 radical (unpaired) electrons. The smallest absolute Gasteiger partial charge is 0.423 e. The van der Waals surface area contributed by atoms with Crippen LogP contribution in [0.4, 0.5) is 24.5 Å². The van der Waals surface area contributed by atoms with Gasteiger partial charge in [-0.3, -0.25) is 9.29 Å². The Morgan fingerprint density at radius 1 is 0.975 bits per heavy atom. The van der Waals surface area contributed by atoms with Crippen LogP contribution in [0, 0.1) is 11.6 Å². The molecule has 2 heterocycles. The van der Waals surface area contributed by atoms with Crippen LogP contribution in [0.2, 0.25) is 0 Å². The number of halogens is 3. The fourth-order valence-corrected chi connectivity index (χ4v) is 6.38. The van der Waals surface area contributed by atoms with Crippen molar-refractivity contribution in [2.24, 2.45) is 0 Å². The van der Waals surface area contributed by atoms with Crippen LogP contribution < -0.4 is 15.7 Å². The van der Waals surface area contributed by atoms with E-state index in [1.807, 2.05) is 19.1 Å². The van der Waals surface area contributed by atoms with Gasteiger partial charge in [-0.25, -0.2) is 8.78 Å². The second kappa shape index (κ2) is 11.1. The van der Waals surface area contributed by atoms with Gasteiger partial charge in [-0.1, -0.05) is 30.3 Å². The van der Waals surface area contributed by atoms with Gasteiger partial charge in [0, 0.05) is 37.1 Å². The Labute approximate surface area is 233 Å². The first kappa shape index (κ1) is 27.2. The van der Waals surface area contributed by atoms with Crippen LogP contribution in [0.5, 0.6) is 0 Å². The topological polar surface area (TPSA) is 59.0 Å². The third-order valence-electron chi connectivity index (χ3n) is 8.56. The molecule has 0 bridgehead atoms. The summed E-state index contributed by atoms with van der Waals surface area (Å²) in [7, 11) is -1.62. The van der Waals surface area contributed by atoms with E-state index >= 15 is 8.78 Å². The maximum atomic E-state index is 16.0. The van der Waals surface area contributed by atoms with E-state index in [1.54, 1.807) is 18.2 Å². The summed E-state index contributed by atoms with van der Waals surface area (Å²) in [6, 6.07) is 15.4. The zero-order chi connectivity index (χ0) is 28.0. The quantitative estimate of drug-likeness (QED) is 0.343. The minimum Gasteiger partial charge on any atom is -0.423 e. The maximum absolute atomic E-state index is 16.0. The predicted molar refractivity (Wildman–Crippen MR) is 153 cm³/mol. The molecule has 2 fully saturated rings. The number of nitrogens with one attached hydrogen (secondary N) is 1. The first-order valence-electron chi connectivity index (χ1n) is 14.2. The molecule has 1 aliphatic carbocycles. The first-order valence-corrected chi connectivity index (χ1v) is 14.2. The lowest BCUT2D eigenvalue weighted by Crippen LogP contribution is -2.54. The Balaban J connectivity index is 1.35. The van der Waals surface area contributed by atoms with Crippen molar-refractivity contribution < 1.29 is 23.2 Å². The van der Waals surface area contributed by atoms with Gasteiger partial charge in [0.1, 0.15) is 11.6 Å². The van der Waals surface area contributed by atoms with E-state index < -0.39 is 24.8 Å². The Morgan fingerprint density at radius 2 is 1.68 bits per heavy atom. The van der Waals surface area contributed by atoms with Crippen molar-refractivity contribution in [1.29, 1.82) is 0 Å².